The zero-order valence-electron chi connectivity index (χ0n) is 14.7. The Bertz CT molecular complexity index is 344. The van der Waals surface area contributed by atoms with Crippen molar-refractivity contribution in [1.29, 1.82) is 0 Å². The summed E-state index contributed by atoms with van der Waals surface area (Å²) in [6, 6.07) is 0. The van der Waals surface area contributed by atoms with Crippen molar-refractivity contribution in [2.45, 2.75) is 71.6 Å². The number of nitrogens with one attached hydrogen (secondary N) is 1. The lowest BCUT2D eigenvalue weighted by Crippen LogP contribution is -2.16. The molecule has 0 saturated carbocycles. The molecule has 1 nitrogen and oxygen atoms in total. The summed E-state index contributed by atoms with van der Waals surface area (Å²) in [6.45, 7) is 4.54. The highest BCUT2D eigenvalue weighted by Crippen LogP contribution is 2.24. The van der Waals surface area contributed by atoms with Gasteiger partial charge in [0.15, 0.2) is 0 Å². The standard InChI is InChI=1S/C20H35NS/c1-3-5-6-7-8-10-14-19(15-13-18-22-4-2)20-16-11-9-12-17-21-20/h9,11-12,16-17,19,21H,3-8,10,13-15,18H2,1-2H3. The van der Waals surface area contributed by atoms with E-state index in [0.29, 0.717) is 5.92 Å². The SMILES string of the molecule is CCCCCCCCC(CCCSCC)C1=CC=CC=CN1. The number of rotatable bonds is 13. The molecule has 1 N–H and O–H groups in total. The minimum atomic E-state index is 0.705. The summed E-state index contributed by atoms with van der Waals surface area (Å²) in [7, 11) is 0. The van der Waals surface area contributed by atoms with Crippen molar-refractivity contribution < 1.29 is 0 Å². The maximum atomic E-state index is 3.50. The summed E-state index contributed by atoms with van der Waals surface area (Å²) < 4.78 is 0. The second kappa shape index (κ2) is 14.0. The average Bonchev–Trinajstić information content (AvgIpc) is 2.82. The molecule has 0 amide bonds. The largest absolute Gasteiger partial charge is 0.365 e. The molecular weight excluding hydrogens is 286 g/mol. The van der Waals surface area contributed by atoms with E-state index >= 15 is 0 Å². The van der Waals surface area contributed by atoms with Crippen LogP contribution in [0.5, 0.6) is 0 Å². The zero-order chi connectivity index (χ0) is 15.9. The van der Waals surface area contributed by atoms with Crippen LogP contribution in [0.4, 0.5) is 0 Å². The number of unbranched alkanes of at least 4 members (excludes halogenated alkanes) is 5. The Morgan fingerprint density at radius 3 is 2.50 bits per heavy atom. The van der Waals surface area contributed by atoms with E-state index in [1.165, 1.54) is 75.0 Å². The molecule has 126 valence electrons. The Hall–Kier alpha value is -0.630. The molecule has 22 heavy (non-hydrogen) atoms. The van der Waals surface area contributed by atoms with Crippen LogP contribution in [0.1, 0.15) is 71.6 Å². The van der Waals surface area contributed by atoms with Crippen LogP contribution in [-0.4, -0.2) is 11.5 Å². The highest BCUT2D eigenvalue weighted by Gasteiger charge is 2.13. The smallest absolute Gasteiger partial charge is 0.0178 e. The predicted molar refractivity (Wildman–Crippen MR) is 103 cm³/mol. The second-order valence-corrected chi connectivity index (χ2v) is 7.50. The Balaban J connectivity index is 2.35. The van der Waals surface area contributed by atoms with Gasteiger partial charge in [-0.1, -0.05) is 64.5 Å². The number of hydrogen-bond acceptors (Lipinski definition) is 2. The van der Waals surface area contributed by atoms with Gasteiger partial charge in [-0.25, -0.2) is 0 Å². The van der Waals surface area contributed by atoms with Crippen LogP contribution in [0.25, 0.3) is 0 Å². The van der Waals surface area contributed by atoms with Crippen molar-refractivity contribution in [3.05, 3.63) is 36.2 Å². The number of thioether (sulfide) groups is 1. The van der Waals surface area contributed by atoms with Crippen LogP contribution in [-0.2, 0) is 0 Å². The quantitative estimate of drug-likeness (QED) is 0.391. The lowest BCUT2D eigenvalue weighted by atomic mass is 9.92. The van der Waals surface area contributed by atoms with Gasteiger partial charge in [0, 0.05) is 11.9 Å². The molecule has 0 bridgehead atoms. The maximum absolute atomic E-state index is 3.50. The van der Waals surface area contributed by atoms with Crippen LogP contribution >= 0.6 is 11.8 Å². The molecule has 0 aliphatic carbocycles. The highest BCUT2D eigenvalue weighted by molar-refractivity contribution is 7.99. The van der Waals surface area contributed by atoms with Gasteiger partial charge in [0.25, 0.3) is 0 Å². The molecule has 0 aromatic rings. The van der Waals surface area contributed by atoms with Crippen LogP contribution in [0.3, 0.4) is 0 Å². The summed E-state index contributed by atoms with van der Waals surface area (Å²) in [4.78, 5) is 0. The molecule has 1 aliphatic rings. The van der Waals surface area contributed by atoms with Crippen LogP contribution in [0.15, 0.2) is 36.2 Å². The van der Waals surface area contributed by atoms with E-state index in [0.717, 1.165) is 0 Å². The molecule has 1 aliphatic heterocycles. The monoisotopic (exact) mass is 321 g/mol. The van der Waals surface area contributed by atoms with Crippen molar-refractivity contribution >= 4 is 11.8 Å². The van der Waals surface area contributed by atoms with Crippen molar-refractivity contribution in [2.75, 3.05) is 11.5 Å². The van der Waals surface area contributed by atoms with Gasteiger partial charge < -0.3 is 5.32 Å². The van der Waals surface area contributed by atoms with Crippen molar-refractivity contribution in [3.63, 3.8) is 0 Å². The molecule has 1 unspecified atom stereocenters. The Labute approximate surface area is 142 Å². The molecule has 1 atom stereocenters. The first kappa shape index (κ1) is 19.4. The van der Waals surface area contributed by atoms with Gasteiger partial charge in [-0.05, 0) is 48.8 Å². The maximum Gasteiger partial charge on any atom is 0.0178 e. The van der Waals surface area contributed by atoms with Gasteiger partial charge in [0.2, 0.25) is 0 Å². The zero-order valence-corrected chi connectivity index (χ0v) is 15.5. The van der Waals surface area contributed by atoms with E-state index < -0.39 is 0 Å². The minimum Gasteiger partial charge on any atom is -0.365 e. The van der Waals surface area contributed by atoms with Gasteiger partial charge in [-0.15, -0.1) is 0 Å². The topological polar surface area (TPSA) is 12.0 Å². The highest BCUT2D eigenvalue weighted by atomic mass is 32.2. The molecular formula is C20H35NS. The van der Waals surface area contributed by atoms with Crippen molar-refractivity contribution in [2.24, 2.45) is 5.92 Å². The molecule has 2 heteroatoms. The van der Waals surface area contributed by atoms with Crippen LogP contribution in [0, 0.1) is 5.92 Å². The molecule has 0 fully saturated rings. The van der Waals surface area contributed by atoms with Crippen molar-refractivity contribution in [3.8, 4) is 0 Å². The molecule has 0 spiro atoms. The average molecular weight is 322 g/mol. The van der Waals surface area contributed by atoms with Crippen molar-refractivity contribution in [1.82, 2.24) is 5.32 Å². The molecule has 0 aromatic heterocycles. The van der Waals surface area contributed by atoms with E-state index in [1.54, 1.807) is 0 Å². The van der Waals surface area contributed by atoms with Crippen LogP contribution in [0.2, 0.25) is 0 Å². The fourth-order valence-electron chi connectivity index (χ4n) is 2.93. The van der Waals surface area contributed by atoms with Gasteiger partial charge in [0.05, 0.1) is 0 Å². The Morgan fingerprint density at radius 1 is 0.909 bits per heavy atom. The van der Waals surface area contributed by atoms with Gasteiger partial charge in [-0.2, -0.15) is 11.8 Å². The van der Waals surface area contributed by atoms with E-state index in [2.05, 4.69) is 61.4 Å². The summed E-state index contributed by atoms with van der Waals surface area (Å²) in [5.41, 5.74) is 1.42. The van der Waals surface area contributed by atoms with Gasteiger partial charge >= 0.3 is 0 Å². The summed E-state index contributed by atoms with van der Waals surface area (Å²) in [5.74, 6) is 3.26. The first-order valence-electron chi connectivity index (χ1n) is 9.26. The lowest BCUT2D eigenvalue weighted by molar-refractivity contribution is 0.459. The molecule has 1 rings (SSSR count). The number of allylic oxidation sites excluding steroid dienone is 5. The Kier molecular flexibility index (Phi) is 12.4. The van der Waals surface area contributed by atoms with E-state index in [-0.39, 0.29) is 0 Å². The fourth-order valence-corrected chi connectivity index (χ4v) is 3.59. The second-order valence-electron chi connectivity index (χ2n) is 6.10. The van der Waals surface area contributed by atoms with Gasteiger partial charge in [0.1, 0.15) is 0 Å². The van der Waals surface area contributed by atoms with E-state index in [9.17, 15) is 0 Å². The van der Waals surface area contributed by atoms with Gasteiger partial charge in [-0.3, -0.25) is 0 Å². The van der Waals surface area contributed by atoms with Crippen LogP contribution < -0.4 is 5.32 Å². The van der Waals surface area contributed by atoms with E-state index in [4.69, 9.17) is 0 Å². The fraction of sp³-hybridized carbons (Fsp3) is 0.700. The summed E-state index contributed by atoms with van der Waals surface area (Å²) in [5, 5.41) is 3.50. The predicted octanol–water partition coefficient (Wildman–Crippen LogP) is 6.44. The summed E-state index contributed by atoms with van der Waals surface area (Å²) >= 11 is 2.07. The third-order valence-corrected chi connectivity index (χ3v) is 5.22. The molecule has 1 heterocycles. The lowest BCUT2D eigenvalue weighted by Gasteiger charge is -2.20. The molecule has 0 radical (unpaired) electrons. The summed E-state index contributed by atoms with van der Waals surface area (Å²) in [6.07, 6.45) is 23.1. The molecule has 0 aromatic carbocycles. The van der Waals surface area contributed by atoms with E-state index in [1.807, 2.05) is 0 Å². The normalized spacial score (nSPS) is 15.3. The first-order chi connectivity index (χ1) is 10.9. The third-order valence-electron chi connectivity index (χ3n) is 4.24. The third kappa shape index (κ3) is 9.40. The Morgan fingerprint density at radius 2 is 1.68 bits per heavy atom. The molecule has 0 saturated heterocycles. The first-order valence-corrected chi connectivity index (χ1v) is 10.4. The number of hydrogen-bond donors (Lipinski definition) is 1. The minimum absolute atomic E-state index is 0.705.